The Morgan fingerprint density at radius 2 is 0.567 bits per heavy atom. The molecule has 0 aliphatic rings. The highest BCUT2D eigenvalue weighted by Crippen LogP contribution is 2.24. The van der Waals surface area contributed by atoms with Gasteiger partial charge in [0.15, 0.2) is 0 Å². The fraction of sp³-hybridized carbons (Fsp3) is 1.00. The van der Waals surface area contributed by atoms with E-state index in [0.717, 1.165) is 11.5 Å². The van der Waals surface area contributed by atoms with E-state index in [-0.39, 0.29) is 0 Å². The van der Waals surface area contributed by atoms with E-state index < -0.39 is 0 Å². The van der Waals surface area contributed by atoms with Crippen molar-refractivity contribution in [2.45, 2.75) is 103 Å². The first kappa shape index (κ1) is 32.1. The Bertz CT molecular complexity index is 263. The lowest BCUT2D eigenvalue weighted by Gasteiger charge is -2.04. The van der Waals surface area contributed by atoms with Crippen molar-refractivity contribution in [2.75, 3.05) is 46.0 Å². The molecular formula is C24H50S6. The molecule has 0 aliphatic heterocycles. The third-order valence-corrected chi connectivity index (χ3v) is 10.5. The molecule has 0 atom stereocenters. The Labute approximate surface area is 217 Å². The summed E-state index contributed by atoms with van der Waals surface area (Å²) in [7, 11) is 4.22. The number of thiol groups is 2. The molecule has 0 aliphatic carbocycles. The second-order valence-corrected chi connectivity index (χ2v) is 14.0. The van der Waals surface area contributed by atoms with Crippen LogP contribution in [-0.2, 0) is 0 Å². The van der Waals surface area contributed by atoms with Crippen LogP contribution in [0.2, 0.25) is 0 Å². The van der Waals surface area contributed by atoms with Crippen molar-refractivity contribution in [3.8, 4) is 0 Å². The average Bonchev–Trinajstić information content (AvgIpc) is 2.76. The highest BCUT2D eigenvalue weighted by atomic mass is 33.1. The molecule has 0 spiro atoms. The molecule has 6 heteroatoms. The maximum atomic E-state index is 4.27. The largest absolute Gasteiger partial charge is 0.179 e. The Morgan fingerprint density at radius 3 is 0.933 bits per heavy atom. The molecule has 0 aromatic carbocycles. The van der Waals surface area contributed by atoms with Crippen molar-refractivity contribution in [1.82, 2.24) is 0 Å². The fourth-order valence-electron chi connectivity index (χ4n) is 3.10. The topological polar surface area (TPSA) is 0 Å². The van der Waals surface area contributed by atoms with Gasteiger partial charge in [-0.25, -0.2) is 0 Å². The van der Waals surface area contributed by atoms with E-state index in [4.69, 9.17) is 0 Å². The highest BCUT2D eigenvalue weighted by Gasteiger charge is 1.96. The van der Waals surface area contributed by atoms with E-state index in [0.29, 0.717) is 0 Å². The van der Waals surface area contributed by atoms with E-state index in [2.05, 4.69) is 70.4 Å². The first-order valence-electron chi connectivity index (χ1n) is 12.5. The summed E-state index contributed by atoms with van der Waals surface area (Å²) < 4.78 is 0. The molecule has 0 aromatic heterocycles. The standard InChI is InChI=1S/C24H50S6/c25-17-9-5-1-3-7-11-19-27-21-13-15-23-29-30-24-16-14-22-28-20-12-8-4-2-6-10-18-26/h25-26H,1-24H2. The van der Waals surface area contributed by atoms with Gasteiger partial charge in [0.1, 0.15) is 0 Å². The lowest BCUT2D eigenvalue weighted by Crippen LogP contribution is -1.88. The van der Waals surface area contributed by atoms with Gasteiger partial charge in [-0.15, -0.1) is 0 Å². The molecule has 0 unspecified atom stereocenters. The average molecular weight is 531 g/mol. The van der Waals surface area contributed by atoms with Gasteiger partial charge in [-0.05, 0) is 85.9 Å². The molecule has 0 saturated heterocycles. The van der Waals surface area contributed by atoms with E-state index >= 15 is 0 Å². The van der Waals surface area contributed by atoms with Gasteiger partial charge in [-0.2, -0.15) is 48.8 Å². The fourth-order valence-corrected chi connectivity index (χ4v) is 7.88. The van der Waals surface area contributed by atoms with E-state index in [1.807, 2.05) is 0 Å². The molecule has 0 fully saturated rings. The maximum Gasteiger partial charge on any atom is 0.00372 e. The predicted molar refractivity (Wildman–Crippen MR) is 161 cm³/mol. The minimum Gasteiger partial charge on any atom is -0.179 e. The molecule has 0 N–H and O–H groups in total. The van der Waals surface area contributed by atoms with Gasteiger partial charge < -0.3 is 0 Å². The van der Waals surface area contributed by atoms with Crippen molar-refractivity contribution < 1.29 is 0 Å². The van der Waals surface area contributed by atoms with Crippen molar-refractivity contribution in [3.63, 3.8) is 0 Å². The number of hydrogen-bond donors (Lipinski definition) is 2. The van der Waals surface area contributed by atoms with Crippen LogP contribution in [0.3, 0.4) is 0 Å². The minimum absolute atomic E-state index is 1.06. The van der Waals surface area contributed by atoms with Crippen LogP contribution < -0.4 is 0 Å². The zero-order chi connectivity index (χ0) is 21.8. The molecule has 0 amide bonds. The molecule has 0 radical (unpaired) electrons. The Morgan fingerprint density at radius 1 is 0.300 bits per heavy atom. The molecule has 0 aromatic rings. The normalized spacial score (nSPS) is 11.4. The van der Waals surface area contributed by atoms with Gasteiger partial charge in [-0.1, -0.05) is 73.0 Å². The summed E-state index contributed by atoms with van der Waals surface area (Å²) in [6.07, 6.45) is 22.4. The van der Waals surface area contributed by atoms with Crippen LogP contribution in [0.25, 0.3) is 0 Å². The summed E-state index contributed by atoms with van der Waals surface area (Å²) in [5.74, 6) is 10.3. The third-order valence-electron chi connectivity index (χ3n) is 5.01. The van der Waals surface area contributed by atoms with Gasteiger partial charge in [0.25, 0.3) is 0 Å². The van der Waals surface area contributed by atoms with Gasteiger partial charge in [0.05, 0.1) is 0 Å². The van der Waals surface area contributed by atoms with Crippen LogP contribution >= 0.6 is 70.4 Å². The smallest absolute Gasteiger partial charge is 0.00372 e. The summed E-state index contributed by atoms with van der Waals surface area (Å²) in [5, 5.41) is 0. The highest BCUT2D eigenvalue weighted by molar-refractivity contribution is 8.76. The second kappa shape index (κ2) is 31.1. The van der Waals surface area contributed by atoms with E-state index in [1.54, 1.807) is 0 Å². The molecule has 182 valence electrons. The lowest BCUT2D eigenvalue weighted by molar-refractivity contribution is 0.629. The molecule has 0 heterocycles. The zero-order valence-electron chi connectivity index (χ0n) is 19.5. The molecule has 0 saturated carbocycles. The summed E-state index contributed by atoms with van der Waals surface area (Å²) >= 11 is 12.9. The van der Waals surface area contributed by atoms with Crippen LogP contribution in [0.1, 0.15) is 103 Å². The van der Waals surface area contributed by atoms with Gasteiger partial charge in [0.2, 0.25) is 0 Å². The summed E-state index contributed by atoms with van der Waals surface area (Å²) in [5.41, 5.74) is 0. The number of hydrogen-bond acceptors (Lipinski definition) is 6. The maximum absolute atomic E-state index is 4.27. The first-order valence-corrected chi connectivity index (χ1v) is 18.6. The molecular weight excluding hydrogens is 481 g/mol. The molecule has 0 bridgehead atoms. The monoisotopic (exact) mass is 530 g/mol. The van der Waals surface area contributed by atoms with Crippen molar-refractivity contribution in [2.24, 2.45) is 0 Å². The number of rotatable bonds is 27. The van der Waals surface area contributed by atoms with Crippen molar-refractivity contribution in [1.29, 1.82) is 0 Å². The summed E-state index contributed by atoms with van der Waals surface area (Å²) in [6.45, 7) is 0. The van der Waals surface area contributed by atoms with E-state index in [1.165, 1.54) is 137 Å². The number of thioether (sulfide) groups is 2. The Balaban J connectivity index is 2.97. The zero-order valence-corrected chi connectivity index (χ0v) is 24.6. The molecule has 0 rings (SSSR count). The first-order chi connectivity index (χ1) is 14.9. The van der Waals surface area contributed by atoms with Crippen molar-refractivity contribution >= 4 is 70.4 Å². The van der Waals surface area contributed by atoms with Crippen LogP contribution in [0.5, 0.6) is 0 Å². The van der Waals surface area contributed by atoms with Crippen LogP contribution in [-0.4, -0.2) is 46.0 Å². The van der Waals surface area contributed by atoms with Gasteiger partial charge >= 0.3 is 0 Å². The second-order valence-electron chi connectivity index (χ2n) is 7.97. The van der Waals surface area contributed by atoms with Crippen LogP contribution in [0.15, 0.2) is 0 Å². The van der Waals surface area contributed by atoms with Crippen LogP contribution in [0.4, 0.5) is 0 Å². The SMILES string of the molecule is SCCCCCCCCSCCCCSSCCCCSCCCCCCCCS. The van der Waals surface area contributed by atoms with E-state index in [9.17, 15) is 0 Å². The molecule has 0 nitrogen and oxygen atoms in total. The lowest BCUT2D eigenvalue weighted by atomic mass is 10.1. The summed E-state index contributed by atoms with van der Waals surface area (Å²) in [4.78, 5) is 0. The summed E-state index contributed by atoms with van der Waals surface area (Å²) in [6, 6.07) is 0. The Hall–Kier alpha value is 2.10. The van der Waals surface area contributed by atoms with Crippen molar-refractivity contribution in [3.05, 3.63) is 0 Å². The van der Waals surface area contributed by atoms with Gasteiger partial charge in [-0.3, -0.25) is 0 Å². The number of unbranched alkanes of at least 4 members (excludes halogenated alkanes) is 12. The molecule has 30 heavy (non-hydrogen) atoms. The third kappa shape index (κ3) is 30.1. The quantitative estimate of drug-likeness (QED) is 0.0615. The predicted octanol–water partition coefficient (Wildman–Crippen LogP) is 9.94. The minimum atomic E-state index is 1.06. The van der Waals surface area contributed by atoms with Gasteiger partial charge in [0, 0.05) is 11.5 Å². The Kier molecular flexibility index (Phi) is 33.3. The van der Waals surface area contributed by atoms with Crippen LogP contribution in [0, 0.1) is 0 Å².